The lowest BCUT2D eigenvalue weighted by Crippen LogP contribution is -2.46. The Hall–Kier alpha value is -1.09. The van der Waals surface area contributed by atoms with E-state index in [1.165, 1.54) is 45.2 Å². The number of likely N-dealkylation sites (tertiary alicyclic amines) is 1. The smallest absolute Gasteiger partial charge is 0.146 e. The summed E-state index contributed by atoms with van der Waals surface area (Å²) in [7, 11) is 0. The number of nitrogens with zero attached hydrogens (tertiary/aromatic N) is 2. The Morgan fingerprint density at radius 2 is 1.61 bits per heavy atom. The van der Waals surface area contributed by atoms with Gasteiger partial charge in [0.05, 0.1) is 5.69 Å². The van der Waals surface area contributed by atoms with Gasteiger partial charge in [-0.15, -0.1) is 0 Å². The molecular weight excluding hydrogens is 287 g/mol. The van der Waals surface area contributed by atoms with E-state index in [0.717, 1.165) is 24.3 Å². The van der Waals surface area contributed by atoms with Crippen LogP contribution in [0.5, 0.6) is 0 Å². The van der Waals surface area contributed by atoms with E-state index in [9.17, 15) is 4.39 Å². The number of benzene rings is 1. The van der Waals surface area contributed by atoms with E-state index in [2.05, 4.69) is 36.6 Å². The number of hydrogen-bond donors (Lipinski definition) is 0. The minimum atomic E-state index is -0.0613. The molecule has 0 spiro atoms. The number of anilines is 1. The van der Waals surface area contributed by atoms with Crippen LogP contribution in [-0.2, 0) is 5.41 Å². The molecule has 23 heavy (non-hydrogen) atoms. The summed E-state index contributed by atoms with van der Waals surface area (Å²) < 4.78 is 14.6. The Morgan fingerprint density at radius 3 is 2.17 bits per heavy atom. The van der Waals surface area contributed by atoms with E-state index < -0.39 is 0 Å². The van der Waals surface area contributed by atoms with Gasteiger partial charge < -0.3 is 9.80 Å². The summed E-state index contributed by atoms with van der Waals surface area (Å²) in [6.07, 6.45) is 6.42. The number of hydrogen-bond acceptors (Lipinski definition) is 2. The third-order valence-corrected chi connectivity index (χ3v) is 5.53. The van der Waals surface area contributed by atoms with Gasteiger partial charge in [-0.3, -0.25) is 0 Å². The highest BCUT2D eigenvalue weighted by Gasteiger charge is 2.27. The Balaban J connectivity index is 1.63. The summed E-state index contributed by atoms with van der Waals surface area (Å²) in [4.78, 5) is 4.90. The number of piperidine rings is 2. The normalized spacial score (nSPS) is 21.7. The SMILES string of the molecule is CC(C)(C)c1ccc(N2CCC(N3CCCCC3)CC2)c(F)c1. The summed E-state index contributed by atoms with van der Waals surface area (Å²) in [5.74, 6) is -0.0613. The first-order valence-electron chi connectivity index (χ1n) is 9.24. The zero-order chi connectivity index (χ0) is 16.4. The molecular formula is C20H31FN2. The van der Waals surface area contributed by atoms with Gasteiger partial charge in [-0.05, 0) is 61.9 Å². The third-order valence-electron chi connectivity index (χ3n) is 5.53. The topological polar surface area (TPSA) is 6.48 Å². The lowest BCUT2D eigenvalue weighted by molar-refractivity contribution is 0.141. The Labute approximate surface area is 140 Å². The second kappa shape index (κ2) is 6.80. The summed E-state index contributed by atoms with van der Waals surface area (Å²) in [6, 6.07) is 6.52. The Kier molecular flexibility index (Phi) is 4.96. The molecule has 3 heteroatoms. The van der Waals surface area contributed by atoms with Crippen molar-refractivity contribution >= 4 is 5.69 Å². The molecule has 2 fully saturated rings. The second-order valence-corrected chi connectivity index (χ2v) is 8.23. The molecule has 0 amide bonds. The molecule has 0 saturated carbocycles. The largest absolute Gasteiger partial charge is 0.369 e. The van der Waals surface area contributed by atoms with Crippen molar-refractivity contribution in [2.24, 2.45) is 0 Å². The van der Waals surface area contributed by atoms with E-state index in [0.29, 0.717) is 6.04 Å². The minimum absolute atomic E-state index is 0.000621. The van der Waals surface area contributed by atoms with Crippen molar-refractivity contribution in [3.8, 4) is 0 Å². The van der Waals surface area contributed by atoms with E-state index in [1.807, 2.05) is 6.07 Å². The summed E-state index contributed by atoms with van der Waals surface area (Å²) in [6.45, 7) is 10.9. The van der Waals surface area contributed by atoms with Crippen LogP contribution in [0.2, 0.25) is 0 Å². The van der Waals surface area contributed by atoms with Gasteiger partial charge in [0.15, 0.2) is 0 Å². The zero-order valence-electron chi connectivity index (χ0n) is 14.9. The van der Waals surface area contributed by atoms with Gasteiger partial charge in [-0.25, -0.2) is 4.39 Å². The quantitative estimate of drug-likeness (QED) is 0.787. The predicted molar refractivity (Wildman–Crippen MR) is 95.8 cm³/mol. The molecule has 1 aromatic rings. The van der Waals surface area contributed by atoms with Crippen molar-refractivity contribution < 1.29 is 4.39 Å². The Morgan fingerprint density at radius 1 is 0.957 bits per heavy atom. The van der Waals surface area contributed by atoms with Crippen LogP contribution in [-0.4, -0.2) is 37.1 Å². The standard InChI is InChI=1S/C20H31FN2/c1-20(2,3)16-7-8-19(18(21)15-16)23-13-9-17(10-14-23)22-11-5-4-6-12-22/h7-8,15,17H,4-6,9-14H2,1-3H3. The molecule has 3 rings (SSSR count). The Bertz CT molecular complexity index is 521. The van der Waals surface area contributed by atoms with Crippen molar-refractivity contribution in [1.82, 2.24) is 4.90 Å². The molecule has 2 aliphatic heterocycles. The molecule has 2 nitrogen and oxygen atoms in total. The van der Waals surface area contributed by atoms with Crippen LogP contribution in [0.15, 0.2) is 18.2 Å². The molecule has 2 aliphatic rings. The van der Waals surface area contributed by atoms with Crippen LogP contribution in [0.1, 0.15) is 58.4 Å². The van der Waals surface area contributed by atoms with Crippen LogP contribution in [0, 0.1) is 5.82 Å². The average Bonchev–Trinajstić information content (AvgIpc) is 2.55. The molecule has 0 N–H and O–H groups in total. The molecule has 0 aromatic heterocycles. The maximum Gasteiger partial charge on any atom is 0.146 e. The maximum atomic E-state index is 14.6. The summed E-state index contributed by atoms with van der Waals surface area (Å²) in [5, 5.41) is 0. The first kappa shape index (κ1) is 16.8. The summed E-state index contributed by atoms with van der Waals surface area (Å²) >= 11 is 0. The van der Waals surface area contributed by atoms with E-state index in [4.69, 9.17) is 0 Å². The fraction of sp³-hybridized carbons (Fsp3) is 0.700. The molecule has 2 saturated heterocycles. The first-order chi connectivity index (χ1) is 10.9. The van der Waals surface area contributed by atoms with Crippen LogP contribution in [0.4, 0.5) is 10.1 Å². The van der Waals surface area contributed by atoms with Crippen LogP contribution in [0.3, 0.4) is 0 Å². The fourth-order valence-electron chi connectivity index (χ4n) is 3.99. The summed E-state index contributed by atoms with van der Waals surface area (Å²) in [5.41, 5.74) is 1.86. The molecule has 1 aromatic carbocycles. The molecule has 0 atom stereocenters. The molecule has 0 radical (unpaired) electrons. The molecule has 0 bridgehead atoms. The number of halogens is 1. The highest BCUT2D eigenvalue weighted by atomic mass is 19.1. The van der Waals surface area contributed by atoms with E-state index in [1.54, 1.807) is 6.07 Å². The first-order valence-corrected chi connectivity index (χ1v) is 9.24. The van der Waals surface area contributed by atoms with Crippen LogP contribution >= 0.6 is 0 Å². The lowest BCUT2D eigenvalue weighted by atomic mass is 9.87. The minimum Gasteiger partial charge on any atom is -0.369 e. The highest BCUT2D eigenvalue weighted by Crippen LogP contribution is 2.30. The third kappa shape index (κ3) is 3.88. The van der Waals surface area contributed by atoms with Crippen LogP contribution < -0.4 is 4.90 Å². The monoisotopic (exact) mass is 318 g/mol. The fourth-order valence-corrected chi connectivity index (χ4v) is 3.99. The molecule has 0 aliphatic carbocycles. The predicted octanol–water partition coefficient (Wildman–Crippen LogP) is 4.58. The van der Waals surface area contributed by atoms with Gasteiger partial charge in [-0.1, -0.05) is 33.3 Å². The van der Waals surface area contributed by atoms with E-state index >= 15 is 0 Å². The van der Waals surface area contributed by atoms with E-state index in [-0.39, 0.29) is 11.2 Å². The molecule has 2 heterocycles. The van der Waals surface area contributed by atoms with Crippen molar-refractivity contribution in [2.75, 3.05) is 31.1 Å². The van der Waals surface area contributed by atoms with Crippen molar-refractivity contribution in [1.29, 1.82) is 0 Å². The van der Waals surface area contributed by atoms with Crippen molar-refractivity contribution in [2.45, 2.75) is 64.3 Å². The van der Waals surface area contributed by atoms with Crippen molar-refractivity contribution in [3.05, 3.63) is 29.6 Å². The average molecular weight is 318 g/mol. The van der Waals surface area contributed by atoms with Gasteiger partial charge >= 0.3 is 0 Å². The van der Waals surface area contributed by atoms with Gasteiger partial charge in [0.2, 0.25) is 0 Å². The highest BCUT2D eigenvalue weighted by molar-refractivity contribution is 5.50. The molecule has 128 valence electrons. The zero-order valence-corrected chi connectivity index (χ0v) is 14.9. The van der Waals surface area contributed by atoms with Gasteiger partial charge in [0, 0.05) is 19.1 Å². The van der Waals surface area contributed by atoms with Crippen molar-refractivity contribution in [3.63, 3.8) is 0 Å². The van der Waals surface area contributed by atoms with Gasteiger partial charge in [0.25, 0.3) is 0 Å². The van der Waals surface area contributed by atoms with Crippen LogP contribution in [0.25, 0.3) is 0 Å². The maximum absolute atomic E-state index is 14.6. The lowest BCUT2D eigenvalue weighted by Gasteiger charge is -2.41. The number of rotatable bonds is 2. The second-order valence-electron chi connectivity index (χ2n) is 8.23. The molecule has 0 unspecified atom stereocenters. The van der Waals surface area contributed by atoms with Gasteiger partial charge in [-0.2, -0.15) is 0 Å². The van der Waals surface area contributed by atoms with Gasteiger partial charge in [0.1, 0.15) is 5.82 Å².